The van der Waals surface area contributed by atoms with Gasteiger partial charge in [-0.2, -0.15) is 0 Å². The predicted molar refractivity (Wildman–Crippen MR) is 175 cm³/mol. The van der Waals surface area contributed by atoms with E-state index in [1.807, 2.05) is 74.5 Å². The number of hydroxylamine groups is 2. The summed E-state index contributed by atoms with van der Waals surface area (Å²) in [6.45, 7) is 3.76. The van der Waals surface area contributed by atoms with Crippen LogP contribution in [0.5, 0.6) is 5.75 Å². The van der Waals surface area contributed by atoms with Gasteiger partial charge in [-0.1, -0.05) is 77.9 Å². The van der Waals surface area contributed by atoms with Crippen molar-refractivity contribution in [2.45, 2.75) is 44.7 Å². The van der Waals surface area contributed by atoms with Crippen LogP contribution in [0.3, 0.4) is 0 Å². The molecule has 2 amide bonds. The molecule has 1 heterocycles. The van der Waals surface area contributed by atoms with Gasteiger partial charge in [0.15, 0.2) is 5.54 Å². The topological polar surface area (TPSA) is 132 Å². The molecule has 1 aromatic heterocycles. The molecule has 0 aliphatic heterocycles. The number of amides is 2. The molecule has 0 bridgehead atoms. The smallest absolute Gasteiger partial charge is 0.326 e. The van der Waals surface area contributed by atoms with Crippen molar-refractivity contribution >= 4 is 28.7 Å². The summed E-state index contributed by atoms with van der Waals surface area (Å²) in [6.07, 6.45) is 1.71. The number of phenols is 1. The van der Waals surface area contributed by atoms with Crippen molar-refractivity contribution in [2.24, 2.45) is 0 Å². The van der Waals surface area contributed by atoms with E-state index in [0.29, 0.717) is 11.1 Å². The lowest BCUT2D eigenvalue weighted by atomic mass is 9.82. The van der Waals surface area contributed by atoms with Crippen LogP contribution in [0.1, 0.15) is 38.2 Å². The summed E-state index contributed by atoms with van der Waals surface area (Å²) >= 11 is 0. The third-order valence-electron chi connectivity index (χ3n) is 8.12. The van der Waals surface area contributed by atoms with Gasteiger partial charge in [-0.3, -0.25) is 14.4 Å². The zero-order valence-electron chi connectivity index (χ0n) is 26.0. The number of aromatic nitrogens is 1. The molecule has 4 aromatic carbocycles. The first kappa shape index (κ1) is 32.0. The van der Waals surface area contributed by atoms with Gasteiger partial charge < -0.3 is 20.5 Å². The van der Waals surface area contributed by atoms with Gasteiger partial charge in [-0.15, -0.1) is 0 Å². The van der Waals surface area contributed by atoms with Crippen LogP contribution in [0, 0.1) is 13.8 Å². The summed E-state index contributed by atoms with van der Waals surface area (Å²) in [5.41, 5.74) is 3.23. The first-order valence-corrected chi connectivity index (χ1v) is 15.0. The number of H-pyrrole nitrogens is 1. The molecule has 4 N–H and O–H groups in total. The second-order valence-electron chi connectivity index (χ2n) is 11.6. The number of nitrogens with zero attached hydrogens (tertiary/aromatic N) is 1. The Bertz CT molecular complexity index is 1830. The molecule has 236 valence electrons. The molecule has 46 heavy (non-hydrogen) atoms. The predicted octanol–water partition coefficient (Wildman–Crippen LogP) is 5.53. The monoisotopic (exact) mass is 619 g/mol. The van der Waals surface area contributed by atoms with E-state index in [0.717, 1.165) is 38.2 Å². The van der Waals surface area contributed by atoms with Gasteiger partial charge in [0.25, 0.3) is 5.91 Å². The van der Waals surface area contributed by atoms with E-state index < -0.39 is 29.4 Å². The molecule has 5 aromatic rings. The molecule has 0 unspecified atom stereocenters. The Balaban J connectivity index is 1.63. The number of nitrogens with one attached hydrogen (secondary N) is 2. The van der Waals surface area contributed by atoms with Crippen LogP contribution in [0.15, 0.2) is 103 Å². The number of benzene rings is 4. The van der Waals surface area contributed by atoms with Gasteiger partial charge in [-0.25, -0.2) is 9.86 Å². The van der Waals surface area contributed by atoms with E-state index in [1.165, 1.54) is 19.2 Å². The molecule has 9 heteroatoms. The van der Waals surface area contributed by atoms with Gasteiger partial charge in [0, 0.05) is 41.9 Å². The van der Waals surface area contributed by atoms with E-state index >= 15 is 0 Å². The van der Waals surface area contributed by atoms with Gasteiger partial charge >= 0.3 is 5.97 Å². The lowest BCUT2D eigenvalue weighted by Gasteiger charge is -2.41. The molecule has 0 aliphatic carbocycles. The molecule has 0 radical (unpaired) electrons. The van der Waals surface area contributed by atoms with Crippen LogP contribution in [-0.2, 0) is 33.7 Å². The van der Waals surface area contributed by atoms with Crippen LogP contribution < -0.4 is 5.32 Å². The number of carboxylic acids is 1. The van der Waals surface area contributed by atoms with E-state index in [-0.39, 0.29) is 25.0 Å². The summed E-state index contributed by atoms with van der Waals surface area (Å²) in [5.74, 6) is -2.43. The minimum Gasteiger partial charge on any atom is -0.508 e. The maximum Gasteiger partial charge on any atom is 0.326 e. The molecule has 5 rings (SSSR count). The second kappa shape index (κ2) is 13.7. The van der Waals surface area contributed by atoms with Gasteiger partial charge in [0.1, 0.15) is 11.8 Å². The van der Waals surface area contributed by atoms with Gasteiger partial charge in [-0.05, 0) is 60.9 Å². The normalized spacial score (nSPS) is 13.1. The summed E-state index contributed by atoms with van der Waals surface area (Å²) < 4.78 is 0. The average molecular weight is 620 g/mol. The Labute approximate surface area is 267 Å². The fraction of sp³-hybridized carbons (Fsp3) is 0.216. The number of fused-ring (bicyclic) bond motifs is 1. The van der Waals surface area contributed by atoms with Crippen molar-refractivity contribution in [3.8, 4) is 5.75 Å². The first-order valence-electron chi connectivity index (χ1n) is 15.0. The highest BCUT2D eigenvalue weighted by molar-refractivity contribution is 6.00. The fourth-order valence-electron chi connectivity index (χ4n) is 6.02. The number of carbonyl (C=O) groups excluding carboxylic acids is 2. The van der Waals surface area contributed by atoms with Crippen molar-refractivity contribution in [2.75, 3.05) is 7.11 Å². The van der Waals surface area contributed by atoms with Crippen LogP contribution in [-0.4, -0.2) is 56.7 Å². The Hall–Kier alpha value is -5.41. The van der Waals surface area contributed by atoms with Crippen molar-refractivity contribution in [1.82, 2.24) is 15.4 Å². The Morgan fingerprint density at radius 1 is 0.870 bits per heavy atom. The number of aromatic hydroxyl groups is 1. The highest BCUT2D eigenvalue weighted by Gasteiger charge is 2.49. The number of aryl methyl sites for hydroxylation is 2. The number of carboxylic acid groups (broad SMARTS) is 1. The molecule has 0 fully saturated rings. The second-order valence-corrected chi connectivity index (χ2v) is 11.6. The molecule has 0 aliphatic rings. The Morgan fingerprint density at radius 3 is 2.11 bits per heavy atom. The third-order valence-corrected chi connectivity index (χ3v) is 8.12. The number of para-hydroxylation sites is 1. The fourth-order valence-corrected chi connectivity index (χ4v) is 6.02. The summed E-state index contributed by atoms with van der Waals surface area (Å²) in [7, 11) is 1.32. The zero-order valence-corrected chi connectivity index (χ0v) is 26.0. The maximum absolute atomic E-state index is 14.8. The number of phenolic OH excluding ortho intramolecular Hbond substituents is 1. The van der Waals surface area contributed by atoms with Gasteiger partial charge in [0.2, 0.25) is 5.91 Å². The highest BCUT2D eigenvalue weighted by atomic mass is 16.7. The zero-order chi connectivity index (χ0) is 32.8. The molecule has 0 saturated heterocycles. The Kier molecular flexibility index (Phi) is 9.53. The molecular formula is C37H37N3O6. The van der Waals surface area contributed by atoms with E-state index in [4.69, 9.17) is 4.84 Å². The highest BCUT2D eigenvalue weighted by Crippen LogP contribution is 2.31. The standard InChI is InChI=1S/C37H37N3O6/c1-24-17-25(2)19-28(18-24)34(42)40(46-3)37(21-26-9-5-4-6-10-26,22-27-13-15-30(41)16-14-27)36(45)39-33(35(43)44)20-29-23-38-32-12-8-7-11-31(29)32/h4-19,23,33,38,41H,20-22H2,1-3H3,(H,39,45)(H,43,44)/t33-,37+/m0/s1. The van der Waals surface area contributed by atoms with Crippen LogP contribution >= 0.6 is 0 Å². The lowest BCUT2D eigenvalue weighted by Crippen LogP contribution is -2.65. The molecule has 0 spiro atoms. The van der Waals surface area contributed by atoms with Crippen molar-refractivity contribution < 1.29 is 29.4 Å². The van der Waals surface area contributed by atoms with Crippen LogP contribution in [0.4, 0.5) is 0 Å². The summed E-state index contributed by atoms with van der Waals surface area (Å²) in [4.78, 5) is 50.8. The largest absolute Gasteiger partial charge is 0.508 e. The van der Waals surface area contributed by atoms with E-state index in [1.54, 1.807) is 30.5 Å². The van der Waals surface area contributed by atoms with Crippen molar-refractivity contribution in [1.29, 1.82) is 0 Å². The first-order chi connectivity index (χ1) is 22.1. The van der Waals surface area contributed by atoms with Crippen LogP contribution in [0.2, 0.25) is 0 Å². The summed E-state index contributed by atoms with van der Waals surface area (Å²) in [6, 6.07) is 27.1. The minimum atomic E-state index is -1.75. The van der Waals surface area contributed by atoms with Crippen molar-refractivity contribution in [3.63, 3.8) is 0 Å². The minimum absolute atomic E-state index is 0.00369. The molecular weight excluding hydrogens is 582 g/mol. The molecule has 0 saturated carbocycles. The SMILES string of the molecule is CON(C(=O)c1cc(C)cc(C)c1)[C@](Cc1ccccc1)(Cc1ccc(O)cc1)C(=O)N[C@@H](Cc1c[nH]c2ccccc12)C(=O)O. The average Bonchev–Trinajstić information content (AvgIpc) is 3.44. The number of rotatable bonds is 12. The summed E-state index contributed by atoms with van der Waals surface area (Å²) in [5, 5.41) is 25.0. The maximum atomic E-state index is 14.8. The van der Waals surface area contributed by atoms with Gasteiger partial charge in [0.05, 0.1) is 7.11 Å². The van der Waals surface area contributed by atoms with E-state index in [2.05, 4.69) is 10.3 Å². The number of hydrogen-bond donors (Lipinski definition) is 4. The number of aliphatic carboxylic acids is 1. The number of aromatic amines is 1. The molecule has 2 atom stereocenters. The number of hydrogen-bond acceptors (Lipinski definition) is 5. The molecule has 9 nitrogen and oxygen atoms in total. The van der Waals surface area contributed by atoms with Crippen molar-refractivity contribution in [3.05, 3.63) is 137 Å². The van der Waals surface area contributed by atoms with Crippen LogP contribution in [0.25, 0.3) is 10.9 Å². The number of carbonyl (C=O) groups is 3. The quantitative estimate of drug-likeness (QED) is 0.136. The lowest BCUT2D eigenvalue weighted by molar-refractivity contribution is -0.178. The Morgan fingerprint density at radius 2 is 1.48 bits per heavy atom. The van der Waals surface area contributed by atoms with E-state index in [9.17, 15) is 24.6 Å². The third kappa shape index (κ3) is 6.95.